The molecule has 2 aliphatic rings. The van der Waals surface area contributed by atoms with Crippen LogP contribution in [0, 0.1) is 22.6 Å². The number of ether oxygens (including phenoxy) is 2. The molecule has 2 fully saturated rings. The van der Waals surface area contributed by atoms with Gasteiger partial charge in [-0.3, -0.25) is 19.4 Å². The van der Waals surface area contributed by atoms with E-state index in [-0.39, 0.29) is 88.2 Å². The molecule has 0 saturated carbocycles. The molecule has 2 aromatic heterocycles. The molecule has 4 heterocycles. The average Bonchev–Trinajstić information content (AvgIpc) is 3.66. The lowest BCUT2D eigenvalue weighted by Gasteiger charge is -2.51. The van der Waals surface area contributed by atoms with Crippen molar-refractivity contribution in [1.82, 2.24) is 14.8 Å². The fourth-order valence-corrected chi connectivity index (χ4v) is 8.38. The second-order valence-electron chi connectivity index (χ2n) is 15.2. The van der Waals surface area contributed by atoms with Gasteiger partial charge in [0.1, 0.15) is 16.3 Å². The molecule has 0 aliphatic carbocycles. The third-order valence-electron chi connectivity index (χ3n) is 10.9. The number of benzene rings is 1. The second-order valence-corrected chi connectivity index (χ2v) is 16.1. The van der Waals surface area contributed by atoms with E-state index in [2.05, 4.69) is 11.1 Å². The van der Waals surface area contributed by atoms with Crippen LogP contribution in [-0.4, -0.2) is 75.6 Å². The summed E-state index contributed by atoms with van der Waals surface area (Å²) in [5.74, 6) is -4.11. The Morgan fingerprint density at radius 2 is 1.74 bits per heavy atom. The summed E-state index contributed by atoms with van der Waals surface area (Å²) in [4.78, 5) is 45.8. The molecule has 0 spiro atoms. The Labute approximate surface area is 334 Å². The molecule has 1 N–H and O–H groups in total. The molecule has 2 atom stereocenters. The van der Waals surface area contributed by atoms with E-state index in [4.69, 9.17) is 9.47 Å². The van der Waals surface area contributed by atoms with Gasteiger partial charge in [0.05, 0.1) is 35.1 Å². The Morgan fingerprint density at radius 1 is 1.03 bits per heavy atom. The van der Waals surface area contributed by atoms with Gasteiger partial charge in [-0.25, -0.2) is 4.39 Å². The molecule has 2 aliphatic heterocycles. The van der Waals surface area contributed by atoms with Crippen molar-refractivity contribution in [2.24, 2.45) is 5.41 Å². The number of alkyl halides is 6. The maximum Gasteiger partial charge on any atom is 0.425 e. The van der Waals surface area contributed by atoms with E-state index in [1.54, 1.807) is 20.8 Å². The van der Waals surface area contributed by atoms with Crippen LogP contribution in [0.3, 0.4) is 0 Å². The zero-order valence-corrected chi connectivity index (χ0v) is 32.8. The van der Waals surface area contributed by atoms with Gasteiger partial charge in [0.25, 0.3) is 11.8 Å². The van der Waals surface area contributed by atoms with Crippen molar-refractivity contribution < 1.29 is 59.7 Å². The minimum Gasteiger partial charge on any atom is -0.490 e. The number of piperidine rings is 2. The predicted molar refractivity (Wildman–Crippen MR) is 197 cm³/mol. The summed E-state index contributed by atoms with van der Waals surface area (Å²) >= 11 is 0.331. The highest BCUT2D eigenvalue weighted by Gasteiger charge is 2.57. The number of amides is 2. The van der Waals surface area contributed by atoms with Crippen LogP contribution in [0.4, 0.5) is 30.7 Å². The summed E-state index contributed by atoms with van der Waals surface area (Å²) in [6.45, 7) is 4.43. The maximum atomic E-state index is 15.3. The highest BCUT2D eigenvalue weighted by atomic mass is 32.1. The van der Waals surface area contributed by atoms with Gasteiger partial charge in [-0.2, -0.15) is 31.6 Å². The Kier molecular flexibility index (Phi) is 13.0. The quantitative estimate of drug-likeness (QED) is 0.133. The lowest BCUT2D eigenvalue weighted by molar-refractivity contribution is -0.160. The van der Waals surface area contributed by atoms with E-state index in [1.165, 1.54) is 17.0 Å². The molecule has 58 heavy (non-hydrogen) atoms. The normalized spacial score (nSPS) is 20.0. The van der Waals surface area contributed by atoms with Crippen LogP contribution in [0.25, 0.3) is 0 Å². The van der Waals surface area contributed by atoms with Crippen molar-refractivity contribution >= 4 is 29.1 Å². The highest BCUT2D eigenvalue weighted by molar-refractivity contribution is 7.10. The standard InChI is InChI=1S/C40H43F7N4O6S/c1-4-9-29-38(57-25-22-30(58-23-25)40(45,46)47,14-7-18-51(29)33(52)31-26(39(42,43)44)11-6-17-49-31)34(53)50-19-15-37(24-48,16-20-50)27-10-5-12-28(41)32(27)56-21-8-13-36(2,3)35(54)55/h5-6,10-12,17,22-23,29H,4,7-9,13-16,18-21H2,1-3H3,(H,54,55)/t29-,38+/m1/s1. The number of aliphatic carboxylic acids is 1. The van der Waals surface area contributed by atoms with Crippen molar-refractivity contribution in [2.45, 2.75) is 102 Å². The Hall–Kier alpha value is -4.92. The summed E-state index contributed by atoms with van der Waals surface area (Å²) in [6.07, 6.45) is -8.01. The number of hydrogen-bond donors (Lipinski definition) is 1. The zero-order chi connectivity index (χ0) is 42.7. The lowest BCUT2D eigenvalue weighted by Crippen LogP contribution is -2.68. The highest BCUT2D eigenvalue weighted by Crippen LogP contribution is 2.45. The van der Waals surface area contributed by atoms with E-state index in [0.29, 0.717) is 23.8 Å². The van der Waals surface area contributed by atoms with Crippen molar-refractivity contribution in [3.05, 3.63) is 75.5 Å². The Bertz CT molecular complexity index is 2020. The fraction of sp³-hybridized carbons (Fsp3) is 0.525. The van der Waals surface area contributed by atoms with Gasteiger partial charge < -0.3 is 24.4 Å². The number of carboxylic acid groups (broad SMARTS) is 1. The second kappa shape index (κ2) is 17.1. The number of carbonyl (C=O) groups excluding carboxylic acids is 2. The number of carboxylic acids is 1. The number of likely N-dealkylation sites (tertiary alicyclic amines) is 2. The number of rotatable bonds is 13. The van der Waals surface area contributed by atoms with E-state index < -0.39 is 74.6 Å². The number of nitrogens with zero attached hydrogens (tertiary/aromatic N) is 4. The molecular weight excluding hydrogens is 798 g/mol. The van der Waals surface area contributed by atoms with Crippen LogP contribution in [0.1, 0.15) is 98.6 Å². The molecule has 2 amide bonds. The summed E-state index contributed by atoms with van der Waals surface area (Å²) in [5.41, 5.74) is -6.46. The average molecular weight is 841 g/mol. The van der Waals surface area contributed by atoms with Crippen molar-refractivity contribution in [3.8, 4) is 17.6 Å². The molecular formula is C40H43F7N4O6S. The first-order valence-electron chi connectivity index (χ1n) is 18.7. The van der Waals surface area contributed by atoms with Crippen LogP contribution < -0.4 is 9.47 Å². The van der Waals surface area contributed by atoms with E-state index in [9.17, 15) is 51.1 Å². The Balaban J connectivity index is 1.48. The number of para-hydroxylation sites is 1. The SMILES string of the molecule is CCC[C@H]1N(C(=O)c2ncccc2C(F)(F)F)CCC[C@@]1(Oc1csc(C(F)(F)F)c1)C(=O)N1CCC(C#N)(c2cccc(F)c2OCCCC(C)(C)C(=O)O)CC1. The molecule has 0 radical (unpaired) electrons. The number of halogens is 7. The van der Waals surface area contributed by atoms with Gasteiger partial charge >= 0.3 is 18.3 Å². The molecule has 314 valence electrons. The van der Waals surface area contributed by atoms with Gasteiger partial charge in [-0.05, 0) is 70.6 Å². The number of thiophene rings is 1. The number of aromatic nitrogens is 1. The van der Waals surface area contributed by atoms with Crippen LogP contribution >= 0.6 is 11.3 Å². The van der Waals surface area contributed by atoms with Crippen LogP contribution in [0.2, 0.25) is 0 Å². The number of hydrogen-bond acceptors (Lipinski definition) is 8. The lowest BCUT2D eigenvalue weighted by atomic mass is 9.72. The van der Waals surface area contributed by atoms with Crippen molar-refractivity contribution in [2.75, 3.05) is 26.2 Å². The molecule has 5 rings (SSSR count). The summed E-state index contributed by atoms with van der Waals surface area (Å²) in [5, 5.41) is 21.1. The van der Waals surface area contributed by atoms with Gasteiger partial charge in [0, 0.05) is 49.3 Å². The van der Waals surface area contributed by atoms with Gasteiger partial charge in [0.2, 0.25) is 5.60 Å². The van der Waals surface area contributed by atoms with E-state index in [0.717, 1.165) is 34.7 Å². The van der Waals surface area contributed by atoms with Gasteiger partial charge in [-0.15, -0.1) is 11.3 Å². The third-order valence-corrected chi connectivity index (χ3v) is 11.8. The summed E-state index contributed by atoms with van der Waals surface area (Å²) < 4.78 is 111. The monoisotopic (exact) mass is 840 g/mol. The molecule has 2 saturated heterocycles. The largest absolute Gasteiger partial charge is 0.490 e. The minimum atomic E-state index is -4.95. The maximum absolute atomic E-state index is 15.3. The number of nitriles is 1. The molecule has 0 unspecified atom stereocenters. The molecule has 18 heteroatoms. The van der Waals surface area contributed by atoms with Gasteiger partial charge in [-0.1, -0.05) is 25.5 Å². The molecule has 0 bridgehead atoms. The van der Waals surface area contributed by atoms with Crippen molar-refractivity contribution in [3.63, 3.8) is 0 Å². The first-order chi connectivity index (χ1) is 27.2. The van der Waals surface area contributed by atoms with Gasteiger partial charge in [0.15, 0.2) is 11.6 Å². The molecule has 3 aromatic rings. The first kappa shape index (κ1) is 44.2. The van der Waals surface area contributed by atoms with Crippen LogP contribution in [0.15, 0.2) is 48.0 Å². The molecule has 10 nitrogen and oxygen atoms in total. The van der Waals surface area contributed by atoms with Crippen LogP contribution in [0.5, 0.6) is 11.5 Å². The van der Waals surface area contributed by atoms with E-state index >= 15 is 4.39 Å². The number of pyridine rings is 1. The predicted octanol–water partition coefficient (Wildman–Crippen LogP) is 8.90. The Morgan fingerprint density at radius 3 is 2.34 bits per heavy atom. The fourth-order valence-electron chi connectivity index (χ4n) is 7.70. The summed E-state index contributed by atoms with van der Waals surface area (Å²) in [6, 6.07) is 7.60. The number of carbonyl (C=O) groups is 3. The molecule has 1 aromatic carbocycles. The van der Waals surface area contributed by atoms with E-state index in [1.807, 2.05) is 0 Å². The van der Waals surface area contributed by atoms with Crippen LogP contribution in [-0.2, 0) is 27.4 Å². The smallest absolute Gasteiger partial charge is 0.425 e. The third kappa shape index (κ3) is 9.03. The first-order valence-corrected chi connectivity index (χ1v) is 19.6. The summed E-state index contributed by atoms with van der Waals surface area (Å²) in [7, 11) is 0. The zero-order valence-electron chi connectivity index (χ0n) is 32.0. The minimum absolute atomic E-state index is 0.0194. The van der Waals surface area contributed by atoms with Crippen molar-refractivity contribution in [1.29, 1.82) is 5.26 Å². The topological polar surface area (TPSA) is 133 Å².